The van der Waals surface area contributed by atoms with Gasteiger partial charge in [0.1, 0.15) is 0 Å². The molecule has 0 N–H and O–H groups in total. The molecule has 0 aliphatic rings. The van der Waals surface area contributed by atoms with Gasteiger partial charge in [0.15, 0.2) is 0 Å². The summed E-state index contributed by atoms with van der Waals surface area (Å²) in [5.74, 6) is 0. The highest BCUT2D eigenvalue weighted by Crippen LogP contribution is 1.97. The van der Waals surface area contributed by atoms with E-state index in [2.05, 4.69) is 27.8 Å². The van der Waals surface area contributed by atoms with E-state index in [1.807, 2.05) is 0 Å². The SMILES string of the molecule is CC[N+](C)(CC)CC.CS(=O)(=O)[O-]. The second kappa shape index (κ2) is 6.34. The first-order chi connectivity index (χ1) is 5.68. The zero-order valence-corrected chi connectivity index (χ0v) is 10.0. The Morgan fingerprint density at radius 1 is 1.08 bits per heavy atom. The van der Waals surface area contributed by atoms with Crippen LogP contribution in [0.15, 0.2) is 0 Å². The van der Waals surface area contributed by atoms with E-state index in [0.717, 1.165) is 0 Å². The van der Waals surface area contributed by atoms with Crippen molar-refractivity contribution in [3.63, 3.8) is 0 Å². The van der Waals surface area contributed by atoms with Crippen molar-refractivity contribution in [2.24, 2.45) is 0 Å². The fraction of sp³-hybridized carbons (Fsp3) is 1.00. The molecule has 0 aliphatic carbocycles. The summed E-state index contributed by atoms with van der Waals surface area (Å²) in [6.07, 6.45) is 0.604. The molecule has 0 rings (SSSR count). The summed E-state index contributed by atoms with van der Waals surface area (Å²) in [6.45, 7) is 10.5. The minimum Gasteiger partial charge on any atom is -0.748 e. The smallest absolute Gasteiger partial charge is 0.0916 e. The molecule has 0 unspecified atom stereocenters. The number of quaternary nitrogens is 1. The predicted octanol–water partition coefficient (Wildman–Crippen LogP) is 0.654. The van der Waals surface area contributed by atoms with Crippen molar-refractivity contribution in [3.8, 4) is 0 Å². The van der Waals surface area contributed by atoms with Crippen LogP contribution in [0.4, 0.5) is 0 Å². The van der Waals surface area contributed by atoms with Gasteiger partial charge in [-0.15, -0.1) is 0 Å². The Morgan fingerprint density at radius 3 is 1.23 bits per heavy atom. The summed E-state index contributed by atoms with van der Waals surface area (Å²) in [5, 5.41) is 0. The van der Waals surface area contributed by atoms with E-state index in [4.69, 9.17) is 13.0 Å². The minimum atomic E-state index is -3.92. The Kier molecular flexibility index (Phi) is 7.49. The molecule has 0 amide bonds. The van der Waals surface area contributed by atoms with Crippen molar-refractivity contribution in [2.45, 2.75) is 20.8 Å². The van der Waals surface area contributed by atoms with E-state index in [1.54, 1.807) is 0 Å². The summed E-state index contributed by atoms with van der Waals surface area (Å²) in [4.78, 5) is 0. The first kappa shape index (κ1) is 15.3. The molecule has 0 atom stereocenters. The van der Waals surface area contributed by atoms with Gasteiger partial charge in [0, 0.05) is 6.26 Å². The lowest BCUT2D eigenvalue weighted by Gasteiger charge is -2.30. The summed E-state index contributed by atoms with van der Waals surface area (Å²) >= 11 is 0. The van der Waals surface area contributed by atoms with Crippen molar-refractivity contribution in [1.82, 2.24) is 0 Å². The third-order valence-electron chi connectivity index (χ3n) is 2.29. The van der Waals surface area contributed by atoms with Gasteiger partial charge in [-0.1, -0.05) is 0 Å². The molecule has 0 saturated carbocycles. The molecule has 13 heavy (non-hydrogen) atoms. The maximum Gasteiger partial charge on any atom is 0.0916 e. The number of rotatable bonds is 3. The highest BCUT2D eigenvalue weighted by molar-refractivity contribution is 7.84. The average Bonchev–Trinajstić information content (AvgIpc) is 2.00. The summed E-state index contributed by atoms with van der Waals surface area (Å²) < 4.78 is 28.4. The fourth-order valence-corrected chi connectivity index (χ4v) is 0.671. The zero-order chi connectivity index (χ0) is 11.1. The maximum atomic E-state index is 9.08. The molecule has 0 spiro atoms. The van der Waals surface area contributed by atoms with Crippen LogP contribution >= 0.6 is 0 Å². The normalized spacial score (nSPS) is 11.8. The maximum absolute atomic E-state index is 9.08. The van der Waals surface area contributed by atoms with E-state index >= 15 is 0 Å². The van der Waals surface area contributed by atoms with Crippen LogP contribution in [0.3, 0.4) is 0 Å². The van der Waals surface area contributed by atoms with Crippen molar-refractivity contribution in [1.29, 1.82) is 0 Å². The molecule has 0 fully saturated rings. The number of nitrogens with zero attached hydrogens (tertiary/aromatic N) is 1. The third kappa shape index (κ3) is 14.7. The first-order valence-corrected chi connectivity index (χ1v) is 6.24. The Hall–Kier alpha value is -0.130. The molecule has 0 bridgehead atoms. The number of hydrogen-bond acceptors (Lipinski definition) is 3. The molecule has 0 aromatic heterocycles. The van der Waals surface area contributed by atoms with Gasteiger partial charge in [-0.25, -0.2) is 8.42 Å². The van der Waals surface area contributed by atoms with Gasteiger partial charge in [-0.3, -0.25) is 0 Å². The molecule has 0 aliphatic heterocycles. The van der Waals surface area contributed by atoms with Crippen LogP contribution in [0.2, 0.25) is 0 Å². The Morgan fingerprint density at radius 2 is 1.23 bits per heavy atom. The van der Waals surface area contributed by atoms with Gasteiger partial charge in [0.05, 0.1) is 36.8 Å². The molecular formula is C8H21NO3S. The van der Waals surface area contributed by atoms with Crippen molar-refractivity contribution < 1.29 is 17.5 Å². The second-order valence-corrected chi connectivity index (χ2v) is 4.68. The Bertz CT molecular complexity index is 191. The van der Waals surface area contributed by atoms with E-state index in [-0.39, 0.29) is 0 Å². The predicted molar refractivity (Wildman–Crippen MR) is 53.4 cm³/mol. The quantitative estimate of drug-likeness (QED) is 0.509. The van der Waals surface area contributed by atoms with Crippen LogP contribution < -0.4 is 0 Å². The highest BCUT2D eigenvalue weighted by atomic mass is 32.2. The summed E-state index contributed by atoms with van der Waals surface area (Å²) in [6, 6.07) is 0. The van der Waals surface area contributed by atoms with Crippen molar-refractivity contribution in [2.75, 3.05) is 32.9 Å². The van der Waals surface area contributed by atoms with E-state index < -0.39 is 10.1 Å². The Labute approximate surface area is 81.9 Å². The van der Waals surface area contributed by atoms with Gasteiger partial charge in [0.2, 0.25) is 0 Å². The van der Waals surface area contributed by atoms with Gasteiger partial charge in [0.25, 0.3) is 0 Å². The van der Waals surface area contributed by atoms with Crippen LogP contribution in [-0.2, 0) is 10.1 Å². The lowest BCUT2D eigenvalue weighted by Crippen LogP contribution is -2.42. The molecule has 0 heterocycles. The van der Waals surface area contributed by atoms with Gasteiger partial charge in [-0.2, -0.15) is 0 Å². The second-order valence-electron chi connectivity index (χ2n) is 3.27. The monoisotopic (exact) mass is 211 g/mol. The molecule has 0 aromatic carbocycles. The number of hydrogen-bond donors (Lipinski definition) is 0. The van der Waals surface area contributed by atoms with Crippen LogP contribution in [0, 0.1) is 0 Å². The third-order valence-corrected chi connectivity index (χ3v) is 2.29. The molecule has 0 aromatic rings. The molecule has 0 saturated heterocycles. The lowest BCUT2D eigenvalue weighted by molar-refractivity contribution is -0.904. The van der Waals surface area contributed by atoms with Crippen molar-refractivity contribution >= 4 is 10.1 Å². The Balaban J connectivity index is 0. The van der Waals surface area contributed by atoms with Gasteiger partial charge >= 0.3 is 0 Å². The van der Waals surface area contributed by atoms with E-state index in [0.29, 0.717) is 6.26 Å². The summed E-state index contributed by atoms with van der Waals surface area (Å²) in [5.41, 5.74) is 0. The molecule has 5 heteroatoms. The topological polar surface area (TPSA) is 57.2 Å². The van der Waals surface area contributed by atoms with Crippen molar-refractivity contribution in [3.05, 3.63) is 0 Å². The lowest BCUT2D eigenvalue weighted by atomic mass is 10.4. The molecule has 0 radical (unpaired) electrons. The molecular weight excluding hydrogens is 190 g/mol. The first-order valence-electron chi connectivity index (χ1n) is 4.43. The highest BCUT2D eigenvalue weighted by Gasteiger charge is 2.10. The van der Waals surface area contributed by atoms with E-state index in [1.165, 1.54) is 24.1 Å². The van der Waals surface area contributed by atoms with Crippen LogP contribution in [0.5, 0.6) is 0 Å². The fourth-order valence-electron chi connectivity index (χ4n) is 0.671. The van der Waals surface area contributed by atoms with Crippen LogP contribution in [0.25, 0.3) is 0 Å². The van der Waals surface area contributed by atoms with Gasteiger partial charge in [-0.05, 0) is 20.8 Å². The van der Waals surface area contributed by atoms with Crippen LogP contribution in [0.1, 0.15) is 20.8 Å². The minimum absolute atomic E-state index is 0.604. The average molecular weight is 211 g/mol. The van der Waals surface area contributed by atoms with E-state index in [9.17, 15) is 0 Å². The van der Waals surface area contributed by atoms with Gasteiger partial charge < -0.3 is 9.04 Å². The van der Waals surface area contributed by atoms with Crippen LogP contribution in [-0.4, -0.2) is 50.4 Å². The standard InChI is InChI=1S/C7H18N.CH4O3S/c1-5-8(4,6-2)7-3;1-5(2,3)4/h5-7H2,1-4H3;1H3,(H,2,3,4)/q+1;/p-1. The largest absolute Gasteiger partial charge is 0.748 e. The molecule has 4 nitrogen and oxygen atoms in total. The molecule has 82 valence electrons. The summed E-state index contributed by atoms with van der Waals surface area (Å²) in [7, 11) is -1.62. The zero-order valence-electron chi connectivity index (χ0n) is 9.20.